The van der Waals surface area contributed by atoms with Crippen molar-refractivity contribution >= 4 is 10.9 Å². The van der Waals surface area contributed by atoms with E-state index in [4.69, 9.17) is 0 Å². The van der Waals surface area contributed by atoms with Crippen LogP contribution >= 0.6 is 0 Å². The monoisotopic (exact) mass is 413 g/mol. The van der Waals surface area contributed by atoms with Crippen LogP contribution in [-0.2, 0) is 0 Å². The van der Waals surface area contributed by atoms with Gasteiger partial charge < -0.3 is 9.88 Å². The minimum atomic E-state index is -0.194. The molecule has 31 heavy (non-hydrogen) atoms. The fourth-order valence-electron chi connectivity index (χ4n) is 4.82. The maximum Gasteiger partial charge on any atom is 0.123 e. The number of para-hydroxylation sites is 1. The minimum absolute atomic E-state index is 0.0611. The van der Waals surface area contributed by atoms with Crippen molar-refractivity contribution in [3.05, 3.63) is 95.8 Å². The van der Waals surface area contributed by atoms with Gasteiger partial charge in [0.15, 0.2) is 0 Å². The first-order chi connectivity index (χ1) is 15.2. The molecule has 5 rings (SSSR count). The first-order valence-electron chi connectivity index (χ1n) is 11.1. The van der Waals surface area contributed by atoms with Crippen molar-refractivity contribution in [2.45, 2.75) is 13.0 Å². The van der Waals surface area contributed by atoms with Gasteiger partial charge in [-0.3, -0.25) is 4.90 Å². The molecule has 3 nitrogen and oxygen atoms in total. The van der Waals surface area contributed by atoms with Gasteiger partial charge in [-0.05, 0) is 35.9 Å². The van der Waals surface area contributed by atoms with E-state index in [1.54, 1.807) is 12.1 Å². The molecule has 4 aromatic rings. The van der Waals surface area contributed by atoms with Gasteiger partial charge in [-0.15, -0.1) is 0 Å². The number of piperazine rings is 1. The van der Waals surface area contributed by atoms with Crippen LogP contribution < -0.4 is 0 Å². The molecule has 0 aliphatic carbocycles. The third-order valence-electron chi connectivity index (χ3n) is 6.49. The van der Waals surface area contributed by atoms with Gasteiger partial charge in [-0.2, -0.15) is 0 Å². The van der Waals surface area contributed by atoms with Crippen molar-refractivity contribution in [2.24, 2.45) is 0 Å². The summed E-state index contributed by atoms with van der Waals surface area (Å²) in [5.74, 6) is -0.194. The van der Waals surface area contributed by atoms with E-state index in [0.29, 0.717) is 0 Å². The maximum atomic E-state index is 13.8. The van der Waals surface area contributed by atoms with Gasteiger partial charge in [0.2, 0.25) is 0 Å². The average molecular weight is 414 g/mol. The Kier molecular flexibility index (Phi) is 5.58. The number of rotatable bonds is 5. The quantitative estimate of drug-likeness (QED) is 0.453. The molecule has 4 heteroatoms. The fraction of sp³-hybridized carbons (Fsp3) is 0.259. The molecule has 0 radical (unpaired) electrons. The molecule has 1 aliphatic rings. The molecule has 0 bridgehead atoms. The molecule has 1 saturated heterocycles. The van der Waals surface area contributed by atoms with E-state index in [1.807, 2.05) is 18.2 Å². The molecule has 0 spiro atoms. The van der Waals surface area contributed by atoms with E-state index < -0.39 is 0 Å². The van der Waals surface area contributed by atoms with Crippen LogP contribution in [0.25, 0.3) is 22.2 Å². The number of fused-ring (bicyclic) bond motifs is 1. The minimum Gasteiger partial charge on any atom is -0.354 e. The zero-order valence-corrected chi connectivity index (χ0v) is 17.9. The summed E-state index contributed by atoms with van der Waals surface area (Å²) in [5.41, 5.74) is 5.87. The molecule has 1 aromatic heterocycles. The smallest absolute Gasteiger partial charge is 0.123 e. The van der Waals surface area contributed by atoms with Crippen molar-refractivity contribution < 1.29 is 4.39 Å². The Labute approximate surface area is 183 Å². The highest BCUT2D eigenvalue weighted by Crippen LogP contribution is 2.41. The lowest BCUT2D eigenvalue weighted by Gasteiger charge is -2.39. The fourth-order valence-corrected chi connectivity index (χ4v) is 4.82. The van der Waals surface area contributed by atoms with Crippen molar-refractivity contribution in [1.29, 1.82) is 0 Å². The summed E-state index contributed by atoms with van der Waals surface area (Å²) in [6.07, 6.45) is 0. The normalized spacial score (nSPS) is 16.6. The molecule has 1 atom stereocenters. The lowest BCUT2D eigenvalue weighted by molar-refractivity contribution is 0.114. The third-order valence-corrected chi connectivity index (χ3v) is 6.49. The first-order valence-corrected chi connectivity index (χ1v) is 11.1. The molecule has 2 heterocycles. The molecular formula is C27H28FN3. The van der Waals surface area contributed by atoms with E-state index in [0.717, 1.165) is 49.5 Å². The number of aromatic nitrogens is 1. The number of likely N-dealkylation sites (N-methyl/N-ethyl adjacent to an activating group) is 1. The highest BCUT2D eigenvalue weighted by atomic mass is 19.1. The van der Waals surface area contributed by atoms with E-state index in [9.17, 15) is 4.39 Å². The van der Waals surface area contributed by atoms with Gasteiger partial charge in [0, 0.05) is 42.6 Å². The Balaban J connectivity index is 1.70. The number of nitrogens with zero attached hydrogens (tertiary/aromatic N) is 2. The van der Waals surface area contributed by atoms with Gasteiger partial charge >= 0.3 is 0 Å². The summed E-state index contributed by atoms with van der Waals surface area (Å²) in [6, 6.07) is 26.2. The summed E-state index contributed by atoms with van der Waals surface area (Å²) in [6.45, 7) is 7.39. The molecule has 1 aliphatic heterocycles. The zero-order valence-electron chi connectivity index (χ0n) is 17.9. The summed E-state index contributed by atoms with van der Waals surface area (Å²) in [4.78, 5) is 8.74. The van der Waals surface area contributed by atoms with Crippen molar-refractivity contribution in [2.75, 3.05) is 32.7 Å². The summed E-state index contributed by atoms with van der Waals surface area (Å²) < 4.78 is 13.8. The molecule has 3 aromatic carbocycles. The largest absolute Gasteiger partial charge is 0.354 e. The Morgan fingerprint density at radius 2 is 1.52 bits per heavy atom. The number of H-pyrrole nitrogens is 1. The van der Waals surface area contributed by atoms with E-state index in [2.05, 4.69) is 70.2 Å². The number of benzene rings is 3. The summed E-state index contributed by atoms with van der Waals surface area (Å²) >= 11 is 0. The molecule has 0 saturated carbocycles. The van der Waals surface area contributed by atoms with Crippen LogP contribution in [0.5, 0.6) is 0 Å². The van der Waals surface area contributed by atoms with Crippen LogP contribution in [0.15, 0.2) is 78.9 Å². The molecular weight excluding hydrogens is 385 g/mol. The van der Waals surface area contributed by atoms with Gasteiger partial charge in [-0.1, -0.05) is 67.6 Å². The van der Waals surface area contributed by atoms with Crippen molar-refractivity contribution in [1.82, 2.24) is 14.8 Å². The van der Waals surface area contributed by atoms with E-state index in [1.165, 1.54) is 16.5 Å². The van der Waals surface area contributed by atoms with Crippen molar-refractivity contribution in [3.8, 4) is 11.3 Å². The average Bonchev–Trinajstić information content (AvgIpc) is 3.21. The molecule has 1 fully saturated rings. The first kappa shape index (κ1) is 20.0. The summed E-state index contributed by atoms with van der Waals surface area (Å²) in [7, 11) is 0. The standard InChI is InChI=1S/C27H28FN3/c1-2-30-16-18-31(19-17-30)27(21-12-14-22(28)15-13-21)25-23-10-6-7-11-24(23)29-26(25)20-8-4-3-5-9-20/h3-15,27,29H,2,16-19H2,1H3. The number of hydrogen-bond acceptors (Lipinski definition) is 2. The van der Waals surface area contributed by atoms with Crippen LogP contribution in [0.2, 0.25) is 0 Å². The van der Waals surface area contributed by atoms with Crippen LogP contribution in [0, 0.1) is 5.82 Å². The SMILES string of the molecule is CCN1CCN(C(c2ccc(F)cc2)c2c(-c3ccccc3)[nH]c3ccccc23)CC1. The van der Waals surface area contributed by atoms with Gasteiger partial charge in [0.25, 0.3) is 0 Å². The highest BCUT2D eigenvalue weighted by molar-refractivity contribution is 5.91. The number of halogens is 1. The van der Waals surface area contributed by atoms with Crippen LogP contribution in [0.4, 0.5) is 4.39 Å². The molecule has 0 amide bonds. The molecule has 158 valence electrons. The highest BCUT2D eigenvalue weighted by Gasteiger charge is 2.30. The zero-order chi connectivity index (χ0) is 21.2. The Bertz CT molecular complexity index is 1140. The predicted octanol–water partition coefficient (Wildman–Crippen LogP) is 5.70. The van der Waals surface area contributed by atoms with Gasteiger partial charge in [0.1, 0.15) is 5.82 Å². The van der Waals surface area contributed by atoms with Gasteiger partial charge in [0.05, 0.1) is 11.7 Å². The maximum absolute atomic E-state index is 13.8. The van der Waals surface area contributed by atoms with Crippen molar-refractivity contribution in [3.63, 3.8) is 0 Å². The topological polar surface area (TPSA) is 22.3 Å². The summed E-state index contributed by atoms with van der Waals surface area (Å²) in [5, 5.41) is 1.23. The number of hydrogen-bond donors (Lipinski definition) is 1. The van der Waals surface area contributed by atoms with Gasteiger partial charge in [-0.25, -0.2) is 4.39 Å². The van der Waals surface area contributed by atoms with E-state index >= 15 is 0 Å². The van der Waals surface area contributed by atoms with Crippen LogP contribution in [0.3, 0.4) is 0 Å². The van der Waals surface area contributed by atoms with Crippen LogP contribution in [0.1, 0.15) is 24.1 Å². The number of aromatic amines is 1. The molecule has 1 N–H and O–H groups in total. The Hall–Kier alpha value is -2.95. The second-order valence-corrected chi connectivity index (χ2v) is 8.25. The third kappa shape index (κ3) is 3.89. The second kappa shape index (κ2) is 8.66. The number of nitrogens with one attached hydrogen (secondary N) is 1. The molecule has 1 unspecified atom stereocenters. The second-order valence-electron chi connectivity index (χ2n) is 8.25. The Morgan fingerprint density at radius 3 is 2.23 bits per heavy atom. The van der Waals surface area contributed by atoms with Crippen LogP contribution in [-0.4, -0.2) is 47.5 Å². The van der Waals surface area contributed by atoms with E-state index in [-0.39, 0.29) is 11.9 Å². The lowest BCUT2D eigenvalue weighted by Crippen LogP contribution is -2.47. The predicted molar refractivity (Wildman–Crippen MR) is 126 cm³/mol. The Morgan fingerprint density at radius 1 is 0.839 bits per heavy atom. The lowest BCUT2D eigenvalue weighted by atomic mass is 9.91.